The van der Waals surface area contributed by atoms with Gasteiger partial charge in [-0.25, -0.2) is 4.57 Å². The number of allylic oxidation sites excluding steroid dienone is 13. The minimum Gasteiger partial charge on any atom is -0.462 e. The summed E-state index contributed by atoms with van der Waals surface area (Å²) < 4.78 is 33.5. The minimum absolute atomic E-state index is 0.00167. The number of esters is 2. The first-order chi connectivity index (χ1) is 32.3. The first kappa shape index (κ1) is 62.0. The SMILES string of the molecule is CCCCCC/C=C\C/C=C\C/C=C\CCCCCCCCC(=O)OC[C@H](COP(=O)(O)OC1[C@H](O)[C@H](O)C(O)[C@H](O)[C@H]1O)OC(=O)CCC/C=C\C/C=C\C/C=C\C/C=C\CC(O)CCC. The Kier molecular flexibility index (Phi) is 37.8. The van der Waals surface area contributed by atoms with Gasteiger partial charge in [0.2, 0.25) is 0 Å². The van der Waals surface area contributed by atoms with E-state index in [4.69, 9.17) is 18.5 Å². The Labute approximate surface area is 401 Å². The van der Waals surface area contributed by atoms with Crippen molar-refractivity contribution in [3.63, 3.8) is 0 Å². The lowest BCUT2D eigenvalue weighted by atomic mass is 9.85. The molecule has 4 unspecified atom stereocenters. The molecule has 67 heavy (non-hydrogen) atoms. The number of hydrogen-bond donors (Lipinski definition) is 7. The van der Waals surface area contributed by atoms with E-state index >= 15 is 0 Å². The Morgan fingerprint density at radius 3 is 1.48 bits per heavy atom. The summed E-state index contributed by atoms with van der Waals surface area (Å²) >= 11 is 0. The summed E-state index contributed by atoms with van der Waals surface area (Å²) in [5.41, 5.74) is 0. The lowest BCUT2D eigenvalue weighted by Gasteiger charge is -2.41. The van der Waals surface area contributed by atoms with Gasteiger partial charge in [-0.3, -0.25) is 18.6 Å². The van der Waals surface area contributed by atoms with E-state index in [-0.39, 0.29) is 18.9 Å². The second-order valence-corrected chi connectivity index (χ2v) is 18.5. The zero-order valence-corrected chi connectivity index (χ0v) is 41.4. The highest BCUT2D eigenvalue weighted by Crippen LogP contribution is 2.47. The summed E-state index contributed by atoms with van der Waals surface area (Å²) in [6.07, 6.45) is 36.9. The standard InChI is InChI=1S/C52H87O14P/c1-3-5-6-7-8-9-10-11-12-13-14-15-16-17-20-23-26-29-32-35-39-45(54)63-41-44(42-64-67(61,62)66-52-50(59)48(57)47(56)49(58)51(52)60)65-46(55)40-36-33-30-27-24-21-18-19-22-25-28-31-34-38-43(53)37-4-2/h9-10,12-13,15-16,18,21-22,25,27,30-31,34,43-44,47-53,56-60H,3-8,11,14,17,19-20,23-24,26,28-29,32-33,35-42H2,1-2H3,(H,61,62)/b10-9-,13-12-,16-15-,21-18-,25-22-,30-27-,34-31-/t43?,44-,47?,48-,49+,50-,51-,52?/m1/s1. The highest BCUT2D eigenvalue weighted by atomic mass is 31.2. The van der Waals surface area contributed by atoms with Crippen LogP contribution in [-0.2, 0) is 32.7 Å². The number of unbranched alkanes of at least 4 members (excludes halogenated alkanes) is 11. The van der Waals surface area contributed by atoms with Gasteiger partial charge in [-0.15, -0.1) is 0 Å². The smallest absolute Gasteiger partial charge is 0.462 e. The normalized spacial score (nSPS) is 22.3. The lowest BCUT2D eigenvalue weighted by molar-refractivity contribution is -0.220. The number of aliphatic hydroxyl groups is 6. The number of carbonyl (C=O) groups is 2. The largest absolute Gasteiger partial charge is 0.472 e. The topological polar surface area (TPSA) is 230 Å². The van der Waals surface area contributed by atoms with E-state index in [9.17, 15) is 49.7 Å². The molecule has 1 fully saturated rings. The fraction of sp³-hybridized carbons (Fsp3) is 0.692. The Balaban J connectivity index is 2.48. The zero-order chi connectivity index (χ0) is 49.4. The molecular formula is C52H87O14P. The quantitative estimate of drug-likeness (QED) is 0.0131. The van der Waals surface area contributed by atoms with Gasteiger partial charge in [0.25, 0.3) is 0 Å². The van der Waals surface area contributed by atoms with Crippen LogP contribution in [0.25, 0.3) is 0 Å². The highest BCUT2D eigenvalue weighted by Gasteiger charge is 2.51. The average Bonchev–Trinajstić information content (AvgIpc) is 3.30. The molecule has 1 aliphatic rings. The first-order valence-corrected chi connectivity index (χ1v) is 26.5. The van der Waals surface area contributed by atoms with Crippen LogP contribution in [0.1, 0.15) is 168 Å². The zero-order valence-electron chi connectivity index (χ0n) is 40.5. The van der Waals surface area contributed by atoms with Gasteiger partial charge in [-0.05, 0) is 89.9 Å². The molecule has 0 aromatic rings. The van der Waals surface area contributed by atoms with E-state index in [1.165, 1.54) is 32.1 Å². The van der Waals surface area contributed by atoms with Gasteiger partial charge < -0.3 is 45.0 Å². The van der Waals surface area contributed by atoms with Crippen molar-refractivity contribution in [2.45, 2.75) is 217 Å². The molecule has 0 aliphatic heterocycles. The fourth-order valence-corrected chi connectivity index (χ4v) is 7.98. The van der Waals surface area contributed by atoms with E-state index in [0.717, 1.165) is 83.5 Å². The molecule has 1 rings (SSSR count). The second-order valence-electron chi connectivity index (χ2n) is 17.1. The number of phosphoric ester groups is 1. The Bertz CT molecular complexity index is 1510. The minimum atomic E-state index is -5.15. The summed E-state index contributed by atoms with van der Waals surface area (Å²) in [4.78, 5) is 35.8. The van der Waals surface area contributed by atoms with Gasteiger partial charge in [-0.1, -0.05) is 150 Å². The van der Waals surface area contributed by atoms with Crippen LogP contribution in [0.2, 0.25) is 0 Å². The van der Waals surface area contributed by atoms with Crippen molar-refractivity contribution in [2.24, 2.45) is 0 Å². The van der Waals surface area contributed by atoms with Crippen LogP contribution in [0.15, 0.2) is 85.1 Å². The molecule has 0 spiro atoms. The summed E-state index contributed by atoms with van der Waals surface area (Å²) in [5.74, 6) is -1.21. The van der Waals surface area contributed by atoms with Gasteiger partial charge in [-0.2, -0.15) is 0 Å². The summed E-state index contributed by atoms with van der Waals surface area (Å²) in [6.45, 7) is 3.03. The molecule has 1 aliphatic carbocycles. The lowest BCUT2D eigenvalue weighted by Crippen LogP contribution is -2.64. The van der Waals surface area contributed by atoms with Crippen LogP contribution in [-0.4, -0.2) is 110 Å². The molecule has 0 amide bonds. The summed E-state index contributed by atoms with van der Waals surface area (Å²) in [6, 6.07) is 0. The maximum atomic E-state index is 12.8. The van der Waals surface area contributed by atoms with Crippen molar-refractivity contribution in [3.8, 4) is 0 Å². The molecule has 9 atom stereocenters. The van der Waals surface area contributed by atoms with Gasteiger partial charge in [0.1, 0.15) is 43.2 Å². The van der Waals surface area contributed by atoms with E-state index in [1.807, 2.05) is 24.3 Å². The van der Waals surface area contributed by atoms with Crippen molar-refractivity contribution in [3.05, 3.63) is 85.1 Å². The maximum Gasteiger partial charge on any atom is 0.472 e. The van der Waals surface area contributed by atoms with Crippen LogP contribution in [0, 0.1) is 0 Å². The molecule has 0 aromatic heterocycles. The van der Waals surface area contributed by atoms with Crippen molar-refractivity contribution in [2.75, 3.05) is 13.2 Å². The van der Waals surface area contributed by atoms with Gasteiger partial charge >= 0.3 is 19.8 Å². The predicted octanol–water partition coefficient (Wildman–Crippen LogP) is 9.42. The number of ether oxygens (including phenoxy) is 2. The molecule has 7 N–H and O–H groups in total. The van der Waals surface area contributed by atoms with Crippen molar-refractivity contribution in [1.82, 2.24) is 0 Å². The Hall–Kier alpha value is -3.01. The molecule has 1 saturated carbocycles. The molecule has 14 nitrogen and oxygen atoms in total. The number of rotatable bonds is 40. The molecule has 0 bridgehead atoms. The molecular weight excluding hydrogens is 880 g/mol. The average molecular weight is 967 g/mol. The fourth-order valence-electron chi connectivity index (χ4n) is 7.01. The van der Waals surface area contributed by atoms with Gasteiger partial charge in [0, 0.05) is 12.8 Å². The summed E-state index contributed by atoms with van der Waals surface area (Å²) in [7, 11) is -5.15. The number of aliphatic hydroxyl groups excluding tert-OH is 6. The molecule has 15 heteroatoms. The predicted molar refractivity (Wildman–Crippen MR) is 264 cm³/mol. The van der Waals surface area contributed by atoms with E-state index in [1.54, 1.807) is 0 Å². The third kappa shape index (κ3) is 33.2. The van der Waals surface area contributed by atoms with Crippen molar-refractivity contribution >= 4 is 19.8 Å². The molecule has 0 aromatic carbocycles. The first-order valence-electron chi connectivity index (χ1n) is 25.0. The molecule has 384 valence electrons. The van der Waals surface area contributed by atoms with Crippen molar-refractivity contribution in [1.29, 1.82) is 0 Å². The van der Waals surface area contributed by atoms with Crippen LogP contribution >= 0.6 is 7.82 Å². The maximum absolute atomic E-state index is 12.8. The highest BCUT2D eigenvalue weighted by molar-refractivity contribution is 7.47. The Morgan fingerprint density at radius 2 is 0.955 bits per heavy atom. The second kappa shape index (κ2) is 40.8. The number of carbonyl (C=O) groups excluding carboxylic acids is 2. The monoisotopic (exact) mass is 967 g/mol. The third-order valence-corrected chi connectivity index (χ3v) is 12.0. The molecule has 0 saturated heterocycles. The van der Waals surface area contributed by atoms with Crippen LogP contribution < -0.4 is 0 Å². The van der Waals surface area contributed by atoms with E-state index < -0.39 is 75.7 Å². The van der Waals surface area contributed by atoms with Crippen molar-refractivity contribution < 1.29 is 68.2 Å². The van der Waals surface area contributed by atoms with Crippen LogP contribution in [0.3, 0.4) is 0 Å². The number of hydrogen-bond acceptors (Lipinski definition) is 13. The summed E-state index contributed by atoms with van der Waals surface area (Å²) in [5, 5.41) is 60.0. The van der Waals surface area contributed by atoms with Gasteiger partial charge in [0.15, 0.2) is 6.10 Å². The van der Waals surface area contributed by atoms with Crippen LogP contribution in [0.5, 0.6) is 0 Å². The molecule has 0 heterocycles. The molecule has 0 radical (unpaired) electrons. The van der Waals surface area contributed by atoms with E-state index in [2.05, 4.69) is 74.6 Å². The van der Waals surface area contributed by atoms with Gasteiger partial charge in [0.05, 0.1) is 12.7 Å². The third-order valence-electron chi connectivity index (χ3n) is 11.0. The number of phosphoric acid groups is 1. The Morgan fingerprint density at radius 1 is 0.522 bits per heavy atom. The van der Waals surface area contributed by atoms with Crippen LogP contribution in [0.4, 0.5) is 0 Å². The van der Waals surface area contributed by atoms with E-state index in [0.29, 0.717) is 25.7 Å².